The molecule has 8 rings (SSSR count). The maximum atomic E-state index is 2.45. The van der Waals surface area contributed by atoms with E-state index in [0.717, 1.165) is 11.4 Å². The number of rotatable bonds is 4. The summed E-state index contributed by atoms with van der Waals surface area (Å²) in [5, 5.41) is 5.06. The van der Waals surface area contributed by atoms with Gasteiger partial charge in [-0.05, 0) is 79.7 Å². The molecule has 1 aliphatic carbocycles. The van der Waals surface area contributed by atoms with Crippen LogP contribution in [0.5, 0.6) is 0 Å². The van der Waals surface area contributed by atoms with Crippen LogP contribution in [-0.4, -0.2) is 0 Å². The number of anilines is 3. The van der Waals surface area contributed by atoms with Gasteiger partial charge in [-0.15, -0.1) is 0 Å². The second kappa shape index (κ2) is 9.46. The Kier molecular flexibility index (Phi) is 5.55. The summed E-state index contributed by atoms with van der Waals surface area (Å²) in [5.41, 5.74) is 11.3. The second-order valence-electron chi connectivity index (χ2n) is 11.8. The molecular formula is C41H31N. The molecule has 1 heteroatoms. The molecule has 0 fully saturated rings. The predicted octanol–water partition coefficient (Wildman–Crippen LogP) is 11.4. The molecule has 0 atom stereocenters. The van der Waals surface area contributed by atoms with Crippen LogP contribution in [0.25, 0.3) is 43.8 Å². The van der Waals surface area contributed by atoms with Crippen LogP contribution in [0, 0.1) is 0 Å². The maximum absolute atomic E-state index is 2.45. The first-order valence-electron chi connectivity index (χ1n) is 14.7. The predicted molar refractivity (Wildman–Crippen MR) is 179 cm³/mol. The van der Waals surface area contributed by atoms with E-state index in [1.165, 1.54) is 60.6 Å². The highest BCUT2D eigenvalue weighted by Crippen LogP contribution is 2.54. The Hall–Kier alpha value is -5.14. The SMILES string of the molecule is CC1(C)c2ccccc2-c2c(N(c3ccc(-c4ccccc4)cc3)c3ccc4ccc5ccccc5c4c3)cccc21. The van der Waals surface area contributed by atoms with E-state index in [1.807, 2.05) is 0 Å². The fourth-order valence-corrected chi connectivity index (χ4v) is 6.91. The molecule has 0 saturated carbocycles. The Balaban J connectivity index is 1.38. The third-order valence-electron chi connectivity index (χ3n) is 9.05. The van der Waals surface area contributed by atoms with Crippen LogP contribution in [0.1, 0.15) is 25.0 Å². The van der Waals surface area contributed by atoms with E-state index < -0.39 is 0 Å². The van der Waals surface area contributed by atoms with Crippen molar-refractivity contribution >= 4 is 38.6 Å². The van der Waals surface area contributed by atoms with Gasteiger partial charge in [-0.2, -0.15) is 0 Å². The highest BCUT2D eigenvalue weighted by atomic mass is 15.1. The van der Waals surface area contributed by atoms with Crippen molar-refractivity contribution in [2.75, 3.05) is 4.90 Å². The van der Waals surface area contributed by atoms with Gasteiger partial charge in [0.2, 0.25) is 0 Å². The normalized spacial score (nSPS) is 13.2. The molecule has 0 heterocycles. The lowest BCUT2D eigenvalue weighted by Gasteiger charge is -2.29. The fraction of sp³-hybridized carbons (Fsp3) is 0.0732. The zero-order chi connectivity index (χ0) is 28.3. The zero-order valence-electron chi connectivity index (χ0n) is 23.9. The van der Waals surface area contributed by atoms with E-state index >= 15 is 0 Å². The van der Waals surface area contributed by atoms with Crippen molar-refractivity contribution in [2.45, 2.75) is 19.3 Å². The minimum Gasteiger partial charge on any atom is -0.310 e. The summed E-state index contributed by atoms with van der Waals surface area (Å²) in [4.78, 5) is 2.45. The van der Waals surface area contributed by atoms with Crippen molar-refractivity contribution in [3.8, 4) is 22.3 Å². The monoisotopic (exact) mass is 537 g/mol. The minimum atomic E-state index is -0.0651. The van der Waals surface area contributed by atoms with Gasteiger partial charge in [-0.3, -0.25) is 0 Å². The smallest absolute Gasteiger partial charge is 0.0543 e. The van der Waals surface area contributed by atoms with Gasteiger partial charge in [0.05, 0.1) is 5.69 Å². The number of fused-ring (bicyclic) bond motifs is 6. The van der Waals surface area contributed by atoms with Crippen molar-refractivity contribution < 1.29 is 0 Å². The van der Waals surface area contributed by atoms with E-state index in [0.29, 0.717) is 0 Å². The number of hydrogen-bond donors (Lipinski definition) is 0. The Morgan fingerprint density at radius 3 is 1.90 bits per heavy atom. The van der Waals surface area contributed by atoms with Gasteiger partial charge in [0.15, 0.2) is 0 Å². The van der Waals surface area contributed by atoms with Gasteiger partial charge in [0.1, 0.15) is 0 Å². The Labute approximate surface area is 247 Å². The molecule has 7 aromatic rings. The molecule has 1 nitrogen and oxygen atoms in total. The molecular weight excluding hydrogens is 506 g/mol. The molecule has 42 heavy (non-hydrogen) atoms. The van der Waals surface area contributed by atoms with Gasteiger partial charge in [0.25, 0.3) is 0 Å². The first kappa shape index (κ1) is 24.6. The molecule has 7 aromatic carbocycles. The molecule has 0 amide bonds. The van der Waals surface area contributed by atoms with Crippen molar-refractivity contribution in [3.63, 3.8) is 0 Å². The lowest BCUT2D eigenvalue weighted by atomic mass is 9.82. The first-order valence-corrected chi connectivity index (χ1v) is 14.7. The summed E-state index contributed by atoms with van der Waals surface area (Å²) in [7, 11) is 0. The summed E-state index contributed by atoms with van der Waals surface area (Å²) in [6.45, 7) is 4.70. The van der Waals surface area contributed by atoms with Gasteiger partial charge in [-0.1, -0.05) is 135 Å². The van der Waals surface area contributed by atoms with Gasteiger partial charge >= 0.3 is 0 Å². The molecule has 0 aromatic heterocycles. The van der Waals surface area contributed by atoms with Crippen molar-refractivity contribution in [1.29, 1.82) is 0 Å². The average molecular weight is 538 g/mol. The van der Waals surface area contributed by atoms with Crippen LogP contribution < -0.4 is 4.90 Å². The summed E-state index contributed by atoms with van der Waals surface area (Å²) < 4.78 is 0. The van der Waals surface area contributed by atoms with Crippen LogP contribution in [0.4, 0.5) is 17.1 Å². The third-order valence-corrected chi connectivity index (χ3v) is 9.05. The minimum absolute atomic E-state index is 0.0651. The standard InChI is InChI=1S/C41H31N/c1-41(2)37-16-9-8-15-35(37)40-38(41)17-10-18-39(40)42(32-24-21-29(22-25-32)28-11-4-3-5-12-28)33-26-23-31-20-19-30-13-6-7-14-34(30)36(31)27-33/h3-27H,1-2H3. The van der Waals surface area contributed by atoms with Crippen molar-refractivity contribution in [2.24, 2.45) is 0 Å². The topological polar surface area (TPSA) is 3.24 Å². The zero-order valence-corrected chi connectivity index (χ0v) is 23.9. The quantitative estimate of drug-likeness (QED) is 0.202. The van der Waals surface area contributed by atoms with E-state index in [-0.39, 0.29) is 5.41 Å². The third kappa shape index (κ3) is 3.78. The molecule has 1 aliphatic rings. The van der Waals surface area contributed by atoms with E-state index in [1.54, 1.807) is 0 Å². The summed E-state index contributed by atoms with van der Waals surface area (Å²) in [5.74, 6) is 0. The van der Waals surface area contributed by atoms with Gasteiger partial charge in [0, 0.05) is 22.4 Å². The Morgan fingerprint density at radius 2 is 1.07 bits per heavy atom. The van der Waals surface area contributed by atoms with Gasteiger partial charge < -0.3 is 4.90 Å². The average Bonchev–Trinajstić information content (AvgIpc) is 3.29. The molecule has 0 N–H and O–H groups in total. The number of hydrogen-bond acceptors (Lipinski definition) is 1. The molecule has 0 saturated heterocycles. The number of benzene rings is 7. The van der Waals surface area contributed by atoms with E-state index in [9.17, 15) is 0 Å². The molecule has 0 radical (unpaired) electrons. The first-order chi connectivity index (χ1) is 20.6. The molecule has 200 valence electrons. The molecule has 0 spiro atoms. The Morgan fingerprint density at radius 1 is 0.452 bits per heavy atom. The van der Waals surface area contributed by atoms with Crippen LogP contribution in [0.2, 0.25) is 0 Å². The second-order valence-corrected chi connectivity index (χ2v) is 11.8. The van der Waals surface area contributed by atoms with Crippen molar-refractivity contribution in [1.82, 2.24) is 0 Å². The highest BCUT2D eigenvalue weighted by molar-refractivity contribution is 6.09. The van der Waals surface area contributed by atoms with E-state index in [4.69, 9.17) is 0 Å². The lowest BCUT2D eigenvalue weighted by Crippen LogP contribution is -2.16. The summed E-state index contributed by atoms with van der Waals surface area (Å²) in [6, 6.07) is 55.4. The van der Waals surface area contributed by atoms with Crippen LogP contribution in [0.3, 0.4) is 0 Å². The lowest BCUT2D eigenvalue weighted by molar-refractivity contribution is 0.660. The fourth-order valence-electron chi connectivity index (χ4n) is 6.91. The Bertz CT molecular complexity index is 2100. The van der Waals surface area contributed by atoms with Crippen molar-refractivity contribution in [3.05, 3.63) is 163 Å². The molecule has 0 aliphatic heterocycles. The number of nitrogens with zero attached hydrogens (tertiary/aromatic N) is 1. The molecule has 0 bridgehead atoms. The van der Waals surface area contributed by atoms with Gasteiger partial charge in [-0.25, -0.2) is 0 Å². The van der Waals surface area contributed by atoms with Crippen LogP contribution >= 0.6 is 0 Å². The summed E-state index contributed by atoms with van der Waals surface area (Å²) in [6.07, 6.45) is 0. The van der Waals surface area contributed by atoms with Crippen LogP contribution in [0.15, 0.2) is 152 Å². The van der Waals surface area contributed by atoms with Crippen LogP contribution in [-0.2, 0) is 5.41 Å². The summed E-state index contributed by atoms with van der Waals surface area (Å²) >= 11 is 0. The molecule has 0 unspecified atom stereocenters. The largest absolute Gasteiger partial charge is 0.310 e. The highest BCUT2D eigenvalue weighted by Gasteiger charge is 2.37. The van der Waals surface area contributed by atoms with E-state index in [2.05, 4.69) is 170 Å². The maximum Gasteiger partial charge on any atom is 0.0543 e.